The van der Waals surface area contributed by atoms with E-state index < -0.39 is 0 Å². The van der Waals surface area contributed by atoms with Crippen molar-refractivity contribution in [3.63, 3.8) is 0 Å². The minimum absolute atomic E-state index is 0.0523. The van der Waals surface area contributed by atoms with E-state index in [1.165, 1.54) is 24.8 Å². The normalized spacial score (nSPS) is 20.5. The molecule has 1 aromatic carbocycles. The smallest absolute Gasteiger partial charge is 0.280 e. The van der Waals surface area contributed by atoms with E-state index in [4.69, 9.17) is 4.42 Å². The Morgan fingerprint density at radius 3 is 2.61 bits per heavy atom. The van der Waals surface area contributed by atoms with Gasteiger partial charge in [-0.1, -0.05) is 12.1 Å². The Morgan fingerprint density at radius 1 is 1.09 bits per heavy atom. The maximum Gasteiger partial charge on any atom is 0.280 e. The third-order valence-electron chi connectivity index (χ3n) is 4.95. The number of hydrogen-bond donors (Lipinski definition) is 0. The first kappa shape index (κ1) is 13.2. The van der Waals surface area contributed by atoms with Crippen LogP contribution < -0.4 is 9.80 Å². The first-order valence-corrected chi connectivity index (χ1v) is 8.44. The summed E-state index contributed by atoms with van der Waals surface area (Å²) in [5, 5.41) is 0. The summed E-state index contributed by atoms with van der Waals surface area (Å²) in [7, 11) is 0. The maximum absolute atomic E-state index is 12.9. The van der Waals surface area contributed by atoms with Crippen molar-refractivity contribution in [2.75, 3.05) is 22.9 Å². The predicted molar refractivity (Wildman–Crippen MR) is 87.0 cm³/mol. The molecule has 2 saturated carbocycles. The zero-order valence-corrected chi connectivity index (χ0v) is 12.9. The molecule has 0 unspecified atom stereocenters. The first-order valence-electron chi connectivity index (χ1n) is 8.44. The summed E-state index contributed by atoms with van der Waals surface area (Å²) in [6, 6.07) is 8.84. The molecule has 2 fully saturated rings. The Hall–Kier alpha value is -2.30. The van der Waals surface area contributed by atoms with Crippen molar-refractivity contribution >= 4 is 17.3 Å². The molecule has 0 saturated heterocycles. The van der Waals surface area contributed by atoms with Crippen LogP contribution in [0.15, 0.2) is 34.9 Å². The molecule has 23 heavy (non-hydrogen) atoms. The molecule has 3 aliphatic rings. The summed E-state index contributed by atoms with van der Waals surface area (Å²) in [6.45, 7) is 1.60. The number of carbonyl (C=O) groups is 1. The number of carbonyl (C=O) groups excluding carboxylic acids is 1. The molecule has 2 aromatic rings. The highest BCUT2D eigenvalue weighted by atomic mass is 16.3. The summed E-state index contributed by atoms with van der Waals surface area (Å²) < 4.78 is 5.49. The van der Waals surface area contributed by atoms with E-state index in [2.05, 4.69) is 16.0 Å². The molecule has 5 rings (SSSR count). The predicted octanol–water partition coefficient (Wildman–Crippen LogP) is 3.18. The Balaban J connectivity index is 1.47. The Morgan fingerprint density at radius 2 is 1.87 bits per heavy atom. The highest BCUT2D eigenvalue weighted by Crippen LogP contribution is 2.41. The number of fused-ring (bicyclic) bond motifs is 1. The van der Waals surface area contributed by atoms with Crippen LogP contribution in [0.1, 0.15) is 48.0 Å². The second-order valence-corrected chi connectivity index (χ2v) is 6.72. The van der Waals surface area contributed by atoms with Gasteiger partial charge in [-0.15, -0.1) is 0 Å². The van der Waals surface area contributed by atoms with Crippen molar-refractivity contribution in [2.45, 2.75) is 37.6 Å². The molecule has 1 aliphatic heterocycles. The van der Waals surface area contributed by atoms with Gasteiger partial charge in [-0.25, -0.2) is 4.98 Å². The fourth-order valence-corrected chi connectivity index (χ4v) is 3.40. The number of para-hydroxylation sites is 2. The van der Waals surface area contributed by atoms with Gasteiger partial charge in [0.05, 0.1) is 11.4 Å². The number of aromatic nitrogens is 1. The van der Waals surface area contributed by atoms with E-state index in [0.29, 0.717) is 24.2 Å². The first-order chi connectivity index (χ1) is 11.3. The molecule has 0 spiro atoms. The number of nitrogens with zero attached hydrogens (tertiary/aromatic N) is 3. The van der Waals surface area contributed by atoms with Gasteiger partial charge < -0.3 is 14.2 Å². The van der Waals surface area contributed by atoms with Gasteiger partial charge in [0.2, 0.25) is 0 Å². The summed E-state index contributed by atoms with van der Waals surface area (Å²) in [4.78, 5) is 21.6. The summed E-state index contributed by atoms with van der Waals surface area (Å²) in [5.41, 5.74) is 2.59. The summed E-state index contributed by atoms with van der Waals surface area (Å²) in [6.07, 6.45) is 6.28. The van der Waals surface area contributed by atoms with Crippen LogP contribution in [0.5, 0.6) is 0 Å². The number of benzene rings is 1. The average Bonchev–Trinajstić information content (AvgIpc) is 3.52. The lowest BCUT2D eigenvalue weighted by molar-refractivity contribution is 0.0981. The number of hydrogen-bond acceptors (Lipinski definition) is 4. The van der Waals surface area contributed by atoms with Gasteiger partial charge >= 0.3 is 0 Å². The standard InChI is InChI=1S/C18H19N3O2/c22-18(14-11-23-17(19-14)12-5-6-12)21-10-9-20(13-7-8-13)15-3-1-2-4-16(15)21/h1-4,11-13H,5-10H2. The van der Waals surface area contributed by atoms with Gasteiger partial charge in [0.15, 0.2) is 11.6 Å². The number of anilines is 2. The van der Waals surface area contributed by atoms with Crippen molar-refractivity contribution in [3.8, 4) is 0 Å². The number of oxazole rings is 1. The zero-order valence-electron chi connectivity index (χ0n) is 12.9. The molecule has 0 N–H and O–H groups in total. The van der Waals surface area contributed by atoms with Crippen LogP contribution in [0.2, 0.25) is 0 Å². The molecule has 5 nitrogen and oxygen atoms in total. The van der Waals surface area contributed by atoms with E-state index in [0.717, 1.165) is 31.0 Å². The Labute approximate surface area is 134 Å². The van der Waals surface area contributed by atoms with Crippen molar-refractivity contribution in [1.82, 2.24) is 4.98 Å². The van der Waals surface area contributed by atoms with Gasteiger partial charge in [0.1, 0.15) is 6.26 Å². The molecule has 1 aromatic heterocycles. The van der Waals surface area contributed by atoms with Crippen LogP contribution >= 0.6 is 0 Å². The monoisotopic (exact) mass is 309 g/mol. The van der Waals surface area contributed by atoms with Gasteiger partial charge in [0, 0.05) is 25.0 Å². The molecule has 1 amide bonds. The topological polar surface area (TPSA) is 49.6 Å². The van der Waals surface area contributed by atoms with Crippen LogP contribution in [0.4, 0.5) is 11.4 Å². The van der Waals surface area contributed by atoms with Crippen LogP contribution in [-0.4, -0.2) is 30.0 Å². The third-order valence-corrected chi connectivity index (χ3v) is 4.95. The van der Waals surface area contributed by atoms with Crippen LogP contribution in [0.3, 0.4) is 0 Å². The molecular weight excluding hydrogens is 290 g/mol. The fourth-order valence-electron chi connectivity index (χ4n) is 3.40. The van der Waals surface area contributed by atoms with Gasteiger partial charge in [-0.05, 0) is 37.8 Å². The number of amides is 1. The molecule has 5 heteroatoms. The zero-order chi connectivity index (χ0) is 15.4. The van der Waals surface area contributed by atoms with Crippen LogP contribution in [-0.2, 0) is 0 Å². The van der Waals surface area contributed by atoms with E-state index in [1.807, 2.05) is 23.1 Å². The SMILES string of the molecule is O=C(c1coc(C2CC2)n1)N1CCN(C2CC2)c2ccccc21. The Kier molecular flexibility index (Phi) is 2.77. The second kappa shape index (κ2) is 4.85. The molecule has 0 atom stereocenters. The van der Waals surface area contributed by atoms with E-state index in [9.17, 15) is 4.79 Å². The lowest BCUT2D eigenvalue weighted by atomic mass is 10.1. The van der Waals surface area contributed by atoms with E-state index in [1.54, 1.807) is 0 Å². The molecule has 2 aliphatic carbocycles. The van der Waals surface area contributed by atoms with Crippen LogP contribution in [0, 0.1) is 0 Å². The minimum Gasteiger partial charge on any atom is -0.448 e. The summed E-state index contributed by atoms with van der Waals surface area (Å²) in [5.74, 6) is 1.09. The molecule has 0 radical (unpaired) electrons. The number of rotatable bonds is 3. The highest BCUT2D eigenvalue weighted by molar-refractivity contribution is 6.07. The van der Waals surface area contributed by atoms with Gasteiger partial charge in [-0.3, -0.25) is 4.79 Å². The quantitative estimate of drug-likeness (QED) is 0.874. The van der Waals surface area contributed by atoms with Crippen molar-refractivity contribution in [3.05, 3.63) is 42.1 Å². The van der Waals surface area contributed by atoms with E-state index in [-0.39, 0.29) is 5.91 Å². The van der Waals surface area contributed by atoms with Gasteiger partial charge in [0.25, 0.3) is 5.91 Å². The molecule has 0 bridgehead atoms. The average molecular weight is 309 g/mol. The Bertz CT molecular complexity index is 761. The van der Waals surface area contributed by atoms with Crippen molar-refractivity contribution in [2.24, 2.45) is 0 Å². The molecule has 118 valence electrons. The molecular formula is C18H19N3O2. The third kappa shape index (κ3) is 2.22. The van der Waals surface area contributed by atoms with Crippen LogP contribution in [0.25, 0.3) is 0 Å². The lowest BCUT2D eigenvalue weighted by Gasteiger charge is -2.37. The lowest BCUT2D eigenvalue weighted by Crippen LogP contribution is -2.45. The van der Waals surface area contributed by atoms with Crippen molar-refractivity contribution in [1.29, 1.82) is 0 Å². The maximum atomic E-state index is 12.9. The fraction of sp³-hybridized carbons (Fsp3) is 0.444. The van der Waals surface area contributed by atoms with Gasteiger partial charge in [-0.2, -0.15) is 0 Å². The largest absolute Gasteiger partial charge is 0.448 e. The minimum atomic E-state index is -0.0523. The second-order valence-electron chi connectivity index (χ2n) is 6.72. The van der Waals surface area contributed by atoms with E-state index >= 15 is 0 Å². The molecule has 2 heterocycles. The van der Waals surface area contributed by atoms with Crippen molar-refractivity contribution < 1.29 is 9.21 Å². The highest BCUT2D eigenvalue weighted by Gasteiger charge is 2.36. The summed E-state index contributed by atoms with van der Waals surface area (Å²) >= 11 is 0.